The first kappa shape index (κ1) is 9.28. The number of fused-ring (bicyclic) bond motifs is 1. The van der Waals surface area contributed by atoms with Crippen molar-refractivity contribution in [2.24, 2.45) is 0 Å². The van der Waals surface area contributed by atoms with Crippen molar-refractivity contribution < 1.29 is 4.79 Å². The third-order valence-electron chi connectivity index (χ3n) is 2.10. The van der Waals surface area contributed by atoms with Gasteiger partial charge in [-0.1, -0.05) is 18.2 Å². The van der Waals surface area contributed by atoms with E-state index in [4.69, 9.17) is 5.26 Å². The van der Waals surface area contributed by atoms with Gasteiger partial charge in [-0.3, -0.25) is 4.79 Å². The second-order valence-corrected chi connectivity index (χ2v) is 3.11. The van der Waals surface area contributed by atoms with Gasteiger partial charge in [-0.15, -0.1) is 0 Å². The van der Waals surface area contributed by atoms with Gasteiger partial charge in [0.05, 0.1) is 6.07 Å². The number of carbonyl (C=O) groups excluding carboxylic acids is 1. The molecule has 1 aromatic carbocycles. The van der Waals surface area contributed by atoms with E-state index < -0.39 is 0 Å². The summed E-state index contributed by atoms with van der Waals surface area (Å²) in [6.45, 7) is 0.0220. The van der Waals surface area contributed by atoms with E-state index in [1.54, 1.807) is 6.07 Å². The number of nitrogens with one attached hydrogen (secondary N) is 2. The summed E-state index contributed by atoms with van der Waals surface area (Å²) in [5.41, 5.74) is 1.39. The summed E-state index contributed by atoms with van der Waals surface area (Å²) in [6.07, 6.45) is 0. The van der Waals surface area contributed by atoms with Crippen LogP contribution in [0.3, 0.4) is 0 Å². The molecule has 1 heterocycles. The third kappa shape index (κ3) is 1.81. The minimum Gasteiger partial charge on any atom is -0.351 e. The molecule has 1 aromatic heterocycles. The van der Waals surface area contributed by atoms with Crippen LogP contribution in [0.1, 0.15) is 10.5 Å². The van der Waals surface area contributed by atoms with Crippen LogP contribution in [0, 0.1) is 11.3 Å². The topological polar surface area (TPSA) is 68.7 Å². The number of aromatic nitrogens is 1. The standard InChI is InChI=1S/C11H9N3O/c12-5-6-13-11(15)10-7-8-3-1-2-4-9(8)14-10/h1-4,7,14H,6H2,(H,13,15). The van der Waals surface area contributed by atoms with Gasteiger partial charge in [0, 0.05) is 10.9 Å². The summed E-state index contributed by atoms with van der Waals surface area (Å²) in [7, 11) is 0. The molecule has 1 amide bonds. The maximum absolute atomic E-state index is 11.5. The summed E-state index contributed by atoms with van der Waals surface area (Å²) in [6, 6.07) is 11.3. The molecule has 0 bridgehead atoms. The number of nitrogens with zero attached hydrogens (tertiary/aromatic N) is 1. The Labute approximate surface area is 86.5 Å². The highest BCUT2D eigenvalue weighted by Gasteiger charge is 2.07. The monoisotopic (exact) mass is 199 g/mol. The number of amides is 1. The number of carbonyl (C=O) groups is 1. The van der Waals surface area contributed by atoms with Gasteiger partial charge in [-0.05, 0) is 12.1 Å². The van der Waals surface area contributed by atoms with Gasteiger partial charge in [0.2, 0.25) is 0 Å². The predicted octanol–water partition coefficient (Wildman–Crippen LogP) is 1.42. The number of nitriles is 1. The Morgan fingerprint density at radius 3 is 3.00 bits per heavy atom. The van der Waals surface area contributed by atoms with Gasteiger partial charge in [0.25, 0.3) is 5.91 Å². The number of H-pyrrole nitrogens is 1. The Bertz CT molecular complexity index is 503. The van der Waals surface area contributed by atoms with Crippen LogP contribution < -0.4 is 5.32 Å². The molecule has 0 aliphatic rings. The SMILES string of the molecule is N#CCNC(=O)c1cc2ccccc2[nH]1. The average Bonchev–Trinajstić information content (AvgIpc) is 2.69. The van der Waals surface area contributed by atoms with E-state index in [1.165, 1.54) is 0 Å². The molecule has 2 rings (SSSR count). The predicted molar refractivity (Wildman–Crippen MR) is 56.2 cm³/mol. The molecule has 0 aliphatic carbocycles. The molecular weight excluding hydrogens is 190 g/mol. The van der Waals surface area contributed by atoms with Crippen molar-refractivity contribution in [1.82, 2.24) is 10.3 Å². The van der Waals surface area contributed by atoms with E-state index in [0.717, 1.165) is 10.9 Å². The molecule has 4 nitrogen and oxygen atoms in total. The van der Waals surface area contributed by atoms with E-state index >= 15 is 0 Å². The third-order valence-corrected chi connectivity index (χ3v) is 2.10. The lowest BCUT2D eigenvalue weighted by Gasteiger charge is -1.95. The Kier molecular flexibility index (Phi) is 2.38. The summed E-state index contributed by atoms with van der Waals surface area (Å²) in [4.78, 5) is 14.5. The van der Waals surface area contributed by atoms with Gasteiger partial charge in [-0.2, -0.15) is 5.26 Å². The zero-order valence-electron chi connectivity index (χ0n) is 7.95. The summed E-state index contributed by atoms with van der Waals surface area (Å²) < 4.78 is 0. The van der Waals surface area contributed by atoms with Crippen molar-refractivity contribution in [3.05, 3.63) is 36.0 Å². The molecule has 0 aliphatic heterocycles. The summed E-state index contributed by atoms with van der Waals surface area (Å²) in [5, 5.41) is 11.8. The van der Waals surface area contributed by atoms with Crippen LogP contribution in [0.25, 0.3) is 10.9 Å². The minimum absolute atomic E-state index is 0.0220. The number of aromatic amines is 1. The van der Waals surface area contributed by atoms with Crippen LogP contribution in [0.2, 0.25) is 0 Å². The lowest BCUT2D eigenvalue weighted by Crippen LogP contribution is -2.23. The minimum atomic E-state index is -0.257. The van der Waals surface area contributed by atoms with Crippen molar-refractivity contribution in [3.8, 4) is 6.07 Å². The highest BCUT2D eigenvalue weighted by atomic mass is 16.1. The smallest absolute Gasteiger partial charge is 0.268 e. The molecular formula is C11H9N3O. The van der Waals surface area contributed by atoms with Crippen LogP contribution in [0.5, 0.6) is 0 Å². The molecule has 2 aromatic rings. The summed E-state index contributed by atoms with van der Waals surface area (Å²) >= 11 is 0. The maximum Gasteiger partial charge on any atom is 0.268 e. The molecule has 15 heavy (non-hydrogen) atoms. The molecule has 0 radical (unpaired) electrons. The number of rotatable bonds is 2. The molecule has 4 heteroatoms. The fourth-order valence-corrected chi connectivity index (χ4v) is 1.41. The van der Waals surface area contributed by atoms with Crippen molar-refractivity contribution >= 4 is 16.8 Å². The number of benzene rings is 1. The Morgan fingerprint density at radius 1 is 1.47 bits per heavy atom. The second kappa shape index (κ2) is 3.84. The lowest BCUT2D eigenvalue weighted by atomic mass is 10.2. The highest BCUT2D eigenvalue weighted by Crippen LogP contribution is 2.14. The molecule has 2 N–H and O–H groups in total. The Hall–Kier alpha value is -2.28. The number of hydrogen-bond donors (Lipinski definition) is 2. The van der Waals surface area contributed by atoms with E-state index in [2.05, 4.69) is 10.3 Å². The first-order valence-electron chi connectivity index (χ1n) is 4.54. The fourth-order valence-electron chi connectivity index (χ4n) is 1.41. The van der Waals surface area contributed by atoms with Crippen molar-refractivity contribution in [2.75, 3.05) is 6.54 Å². The Morgan fingerprint density at radius 2 is 2.27 bits per heavy atom. The molecule has 0 unspecified atom stereocenters. The normalized spacial score (nSPS) is 9.80. The van der Waals surface area contributed by atoms with Crippen molar-refractivity contribution in [2.45, 2.75) is 0 Å². The van der Waals surface area contributed by atoms with Crippen LogP contribution in [0.4, 0.5) is 0 Å². The molecule has 0 spiro atoms. The molecule has 0 fully saturated rings. The highest BCUT2D eigenvalue weighted by molar-refractivity contribution is 5.98. The van der Waals surface area contributed by atoms with Crippen LogP contribution >= 0.6 is 0 Å². The van der Waals surface area contributed by atoms with E-state index in [0.29, 0.717) is 5.69 Å². The van der Waals surface area contributed by atoms with Gasteiger partial charge in [0.15, 0.2) is 0 Å². The average molecular weight is 199 g/mol. The zero-order valence-corrected chi connectivity index (χ0v) is 7.95. The van der Waals surface area contributed by atoms with E-state index in [-0.39, 0.29) is 12.5 Å². The maximum atomic E-state index is 11.5. The fraction of sp³-hybridized carbons (Fsp3) is 0.0909. The quantitative estimate of drug-likeness (QED) is 0.718. The van der Waals surface area contributed by atoms with Gasteiger partial charge in [0.1, 0.15) is 12.2 Å². The van der Waals surface area contributed by atoms with Crippen LogP contribution in [-0.4, -0.2) is 17.4 Å². The van der Waals surface area contributed by atoms with E-state index in [1.807, 2.05) is 30.3 Å². The van der Waals surface area contributed by atoms with Crippen LogP contribution in [-0.2, 0) is 0 Å². The second-order valence-electron chi connectivity index (χ2n) is 3.11. The van der Waals surface area contributed by atoms with Crippen molar-refractivity contribution in [1.29, 1.82) is 5.26 Å². The van der Waals surface area contributed by atoms with Gasteiger partial charge >= 0.3 is 0 Å². The molecule has 74 valence electrons. The lowest BCUT2D eigenvalue weighted by molar-refractivity contribution is 0.0954. The zero-order chi connectivity index (χ0) is 10.7. The molecule has 0 saturated heterocycles. The largest absolute Gasteiger partial charge is 0.351 e. The molecule has 0 saturated carbocycles. The first-order chi connectivity index (χ1) is 7.31. The van der Waals surface area contributed by atoms with Crippen molar-refractivity contribution in [3.63, 3.8) is 0 Å². The van der Waals surface area contributed by atoms with Gasteiger partial charge < -0.3 is 10.3 Å². The number of para-hydroxylation sites is 1. The Balaban J connectivity index is 2.29. The van der Waals surface area contributed by atoms with Crippen LogP contribution in [0.15, 0.2) is 30.3 Å². The van der Waals surface area contributed by atoms with E-state index in [9.17, 15) is 4.79 Å². The number of hydrogen-bond acceptors (Lipinski definition) is 2. The summed E-state index contributed by atoms with van der Waals surface area (Å²) in [5.74, 6) is -0.257. The first-order valence-corrected chi connectivity index (χ1v) is 4.54. The van der Waals surface area contributed by atoms with Gasteiger partial charge in [-0.25, -0.2) is 0 Å². The molecule has 0 atom stereocenters.